The van der Waals surface area contributed by atoms with Gasteiger partial charge in [0.2, 0.25) is 0 Å². The Balaban J connectivity index is 0.00000280. The minimum atomic E-state index is -0.262. The third kappa shape index (κ3) is 6.59. The first-order valence-electron chi connectivity index (χ1n) is 8.71. The van der Waals surface area contributed by atoms with Crippen LogP contribution in [0.5, 0.6) is 5.75 Å². The second-order valence-electron chi connectivity index (χ2n) is 6.19. The van der Waals surface area contributed by atoms with Gasteiger partial charge in [-0.05, 0) is 60.5 Å². The number of halogens is 4. The number of rotatable bonds is 8. The lowest BCUT2D eigenvalue weighted by atomic mass is 10.1. The first-order valence-corrected chi connectivity index (χ1v) is 9.51. The minimum Gasteiger partial charge on any atom is -0.489 e. The van der Waals surface area contributed by atoms with Gasteiger partial charge in [-0.1, -0.05) is 46.3 Å². The summed E-state index contributed by atoms with van der Waals surface area (Å²) in [5, 5.41) is 3.33. The van der Waals surface area contributed by atoms with E-state index < -0.39 is 0 Å². The molecule has 148 valence electrons. The molecule has 0 aliphatic rings. The second kappa shape index (κ2) is 11.1. The Morgan fingerprint density at radius 1 is 0.893 bits per heavy atom. The van der Waals surface area contributed by atoms with Crippen LogP contribution >= 0.6 is 28.3 Å². The molecular formula is C22H21BrClF2NO. The van der Waals surface area contributed by atoms with Crippen molar-refractivity contribution in [2.45, 2.75) is 19.6 Å². The van der Waals surface area contributed by atoms with Crippen molar-refractivity contribution < 1.29 is 13.5 Å². The maximum atomic E-state index is 13.7. The monoisotopic (exact) mass is 467 g/mol. The molecule has 0 aliphatic carbocycles. The molecule has 0 unspecified atom stereocenters. The summed E-state index contributed by atoms with van der Waals surface area (Å²) >= 11 is 3.48. The van der Waals surface area contributed by atoms with E-state index in [0.29, 0.717) is 31.7 Å². The van der Waals surface area contributed by atoms with E-state index in [9.17, 15) is 8.78 Å². The highest BCUT2D eigenvalue weighted by atomic mass is 79.9. The van der Waals surface area contributed by atoms with Crippen molar-refractivity contribution >= 4 is 28.3 Å². The van der Waals surface area contributed by atoms with Gasteiger partial charge in [0.1, 0.15) is 24.0 Å². The van der Waals surface area contributed by atoms with Crippen molar-refractivity contribution in [3.05, 3.63) is 99.5 Å². The molecule has 0 saturated heterocycles. The summed E-state index contributed by atoms with van der Waals surface area (Å²) in [6, 6.07) is 18.9. The molecule has 0 fully saturated rings. The Hall–Kier alpha value is -1.95. The highest BCUT2D eigenvalue weighted by Crippen LogP contribution is 2.24. The number of hydrogen-bond donors (Lipinski definition) is 1. The summed E-state index contributed by atoms with van der Waals surface area (Å²) in [5.74, 6) is 0.327. The smallest absolute Gasteiger partial charge is 0.126 e. The Kier molecular flexibility index (Phi) is 8.90. The lowest BCUT2D eigenvalue weighted by Crippen LogP contribution is -2.17. The van der Waals surface area contributed by atoms with Crippen LogP contribution in [-0.4, -0.2) is 6.54 Å². The fourth-order valence-corrected chi connectivity index (χ4v) is 3.12. The Labute approximate surface area is 178 Å². The zero-order valence-electron chi connectivity index (χ0n) is 15.1. The van der Waals surface area contributed by atoms with Gasteiger partial charge in [0.05, 0.1) is 0 Å². The van der Waals surface area contributed by atoms with Crippen LogP contribution in [0, 0.1) is 11.6 Å². The summed E-state index contributed by atoms with van der Waals surface area (Å²) in [7, 11) is 0. The molecule has 0 spiro atoms. The van der Waals surface area contributed by atoms with Crippen LogP contribution in [0.25, 0.3) is 0 Å². The summed E-state index contributed by atoms with van der Waals surface area (Å²) in [5.41, 5.74) is 2.60. The fraction of sp³-hybridized carbons (Fsp3) is 0.182. The van der Waals surface area contributed by atoms with Crippen LogP contribution in [0.2, 0.25) is 0 Å². The van der Waals surface area contributed by atoms with E-state index in [4.69, 9.17) is 4.74 Å². The van der Waals surface area contributed by atoms with Crippen molar-refractivity contribution in [1.29, 1.82) is 0 Å². The molecule has 1 N–H and O–H groups in total. The standard InChI is InChI=1S/C22H20BrF2NO.ClH/c23-19-7-10-22(27-15-16-5-8-20(24)9-6-16)18(13-19)14-26-12-11-17-3-1-2-4-21(17)25;/h1-10,13,26H,11-12,14-15H2;1H. The Morgan fingerprint density at radius 3 is 2.39 bits per heavy atom. The normalized spacial score (nSPS) is 10.4. The molecule has 2 nitrogen and oxygen atoms in total. The van der Waals surface area contributed by atoms with Gasteiger partial charge >= 0.3 is 0 Å². The fourth-order valence-electron chi connectivity index (χ4n) is 2.72. The SMILES string of the molecule is Cl.Fc1ccc(COc2ccc(Br)cc2CNCCc2ccccc2F)cc1. The highest BCUT2D eigenvalue weighted by Gasteiger charge is 2.06. The first-order chi connectivity index (χ1) is 13.1. The summed E-state index contributed by atoms with van der Waals surface area (Å²) in [6.07, 6.45) is 0.618. The average Bonchev–Trinajstić information content (AvgIpc) is 2.67. The third-order valence-corrected chi connectivity index (χ3v) is 4.67. The van der Waals surface area contributed by atoms with Gasteiger partial charge in [0.15, 0.2) is 0 Å². The van der Waals surface area contributed by atoms with E-state index in [1.165, 1.54) is 18.2 Å². The molecule has 3 aromatic carbocycles. The molecule has 0 saturated carbocycles. The molecule has 3 aromatic rings. The molecule has 0 bridgehead atoms. The zero-order valence-corrected chi connectivity index (χ0v) is 17.5. The molecule has 0 atom stereocenters. The van der Waals surface area contributed by atoms with Gasteiger partial charge in [-0.15, -0.1) is 12.4 Å². The topological polar surface area (TPSA) is 21.3 Å². The second-order valence-corrected chi connectivity index (χ2v) is 7.10. The molecular weight excluding hydrogens is 448 g/mol. The molecule has 28 heavy (non-hydrogen) atoms. The molecule has 0 amide bonds. The van der Waals surface area contributed by atoms with E-state index in [-0.39, 0.29) is 24.0 Å². The molecule has 6 heteroatoms. The quantitative estimate of drug-likeness (QED) is 0.406. The molecule has 0 heterocycles. The predicted molar refractivity (Wildman–Crippen MR) is 114 cm³/mol. The van der Waals surface area contributed by atoms with Crippen molar-refractivity contribution in [1.82, 2.24) is 5.32 Å². The lowest BCUT2D eigenvalue weighted by molar-refractivity contribution is 0.302. The molecule has 0 radical (unpaired) electrons. The zero-order chi connectivity index (χ0) is 19.1. The first kappa shape index (κ1) is 22.3. The summed E-state index contributed by atoms with van der Waals surface area (Å²) in [6.45, 7) is 1.63. The van der Waals surface area contributed by atoms with Gasteiger partial charge in [-0.2, -0.15) is 0 Å². The van der Waals surface area contributed by atoms with Crippen LogP contribution in [-0.2, 0) is 19.6 Å². The number of hydrogen-bond acceptors (Lipinski definition) is 2. The van der Waals surface area contributed by atoms with E-state index in [1.807, 2.05) is 24.3 Å². The maximum absolute atomic E-state index is 13.7. The average molecular weight is 469 g/mol. The number of ether oxygens (including phenoxy) is 1. The van der Waals surface area contributed by atoms with Gasteiger partial charge in [0, 0.05) is 16.6 Å². The van der Waals surface area contributed by atoms with Crippen molar-refractivity contribution in [3.63, 3.8) is 0 Å². The van der Waals surface area contributed by atoms with Crippen molar-refractivity contribution in [2.24, 2.45) is 0 Å². The van der Waals surface area contributed by atoms with Crippen molar-refractivity contribution in [2.75, 3.05) is 6.54 Å². The van der Waals surface area contributed by atoms with Crippen LogP contribution in [0.4, 0.5) is 8.78 Å². The number of nitrogens with one attached hydrogen (secondary N) is 1. The van der Waals surface area contributed by atoms with Gasteiger partial charge < -0.3 is 10.1 Å². The predicted octanol–water partition coefficient (Wildman–Crippen LogP) is 6.06. The summed E-state index contributed by atoms with van der Waals surface area (Å²) in [4.78, 5) is 0. The van der Waals surface area contributed by atoms with E-state index in [0.717, 1.165) is 21.3 Å². The van der Waals surface area contributed by atoms with Crippen LogP contribution < -0.4 is 10.1 Å². The highest BCUT2D eigenvalue weighted by molar-refractivity contribution is 9.10. The van der Waals surface area contributed by atoms with E-state index in [2.05, 4.69) is 21.2 Å². The van der Waals surface area contributed by atoms with Gasteiger partial charge in [0.25, 0.3) is 0 Å². The maximum Gasteiger partial charge on any atom is 0.126 e. The van der Waals surface area contributed by atoms with Crippen LogP contribution in [0.1, 0.15) is 16.7 Å². The molecule has 0 aromatic heterocycles. The van der Waals surface area contributed by atoms with Gasteiger partial charge in [-0.25, -0.2) is 8.78 Å². The van der Waals surface area contributed by atoms with E-state index >= 15 is 0 Å². The van der Waals surface area contributed by atoms with Gasteiger partial charge in [-0.3, -0.25) is 0 Å². The van der Waals surface area contributed by atoms with Crippen LogP contribution in [0.15, 0.2) is 71.2 Å². The van der Waals surface area contributed by atoms with Crippen molar-refractivity contribution in [3.8, 4) is 5.75 Å². The third-order valence-electron chi connectivity index (χ3n) is 4.17. The Bertz CT molecular complexity index is 890. The van der Waals surface area contributed by atoms with E-state index in [1.54, 1.807) is 24.3 Å². The molecule has 0 aliphatic heterocycles. The minimum absolute atomic E-state index is 0. The number of benzene rings is 3. The summed E-state index contributed by atoms with van der Waals surface area (Å²) < 4.78 is 33.5. The molecule has 3 rings (SSSR count). The lowest BCUT2D eigenvalue weighted by Gasteiger charge is -2.13. The Morgan fingerprint density at radius 2 is 1.64 bits per heavy atom. The largest absolute Gasteiger partial charge is 0.489 e. The van der Waals surface area contributed by atoms with Crippen LogP contribution in [0.3, 0.4) is 0 Å².